The molecule has 0 bridgehead atoms. The van der Waals surface area contributed by atoms with Gasteiger partial charge in [-0.2, -0.15) is 0 Å². The first-order chi connectivity index (χ1) is 16.0. The zero-order valence-electron chi connectivity index (χ0n) is 18.8. The van der Waals surface area contributed by atoms with Crippen LogP contribution in [0.3, 0.4) is 0 Å². The van der Waals surface area contributed by atoms with E-state index in [0.717, 1.165) is 38.8 Å². The van der Waals surface area contributed by atoms with Crippen molar-refractivity contribution in [3.8, 4) is 5.75 Å². The quantitative estimate of drug-likeness (QED) is 0.523. The smallest absolute Gasteiger partial charge is 0.255 e. The Kier molecular flexibility index (Phi) is 7.82. The highest BCUT2D eigenvalue weighted by molar-refractivity contribution is 6.33. The van der Waals surface area contributed by atoms with Crippen LogP contribution in [0.15, 0.2) is 48.5 Å². The van der Waals surface area contributed by atoms with Crippen molar-refractivity contribution < 1.29 is 14.3 Å². The van der Waals surface area contributed by atoms with E-state index in [-0.39, 0.29) is 11.8 Å². The number of nitrogens with zero attached hydrogens (tertiary/aromatic N) is 2. The molecular formula is C26H30Cl2N2O3. The van der Waals surface area contributed by atoms with Gasteiger partial charge in [0.05, 0.1) is 17.2 Å². The number of hydrogen-bond acceptors (Lipinski definition) is 3. The van der Waals surface area contributed by atoms with Crippen LogP contribution in [0, 0.1) is 5.41 Å². The van der Waals surface area contributed by atoms with E-state index in [1.54, 1.807) is 24.3 Å². The minimum absolute atomic E-state index is 0.0958. The minimum Gasteiger partial charge on any atom is -0.493 e. The van der Waals surface area contributed by atoms with Gasteiger partial charge in [0, 0.05) is 43.0 Å². The van der Waals surface area contributed by atoms with Gasteiger partial charge in [0.2, 0.25) is 5.91 Å². The average molecular weight is 489 g/mol. The van der Waals surface area contributed by atoms with Crippen LogP contribution in [0.25, 0.3) is 0 Å². The molecule has 0 N–H and O–H groups in total. The summed E-state index contributed by atoms with van der Waals surface area (Å²) < 4.78 is 6.16. The number of ether oxygens (including phenoxy) is 1. The number of rotatable bonds is 6. The monoisotopic (exact) mass is 488 g/mol. The van der Waals surface area contributed by atoms with Crippen molar-refractivity contribution in [1.82, 2.24) is 9.80 Å². The molecule has 33 heavy (non-hydrogen) atoms. The van der Waals surface area contributed by atoms with Crippen molar-refractivity contribution in [2.24, 2.45) is 5.41 Å². The fraction of sp³-hybridized carbons (Fsp3) is 0.462. The second kappa shape index (κ2) is 10.8. The number of hydrogen-bond donors (Lipinski definition) is 0. The third-order valence-corrected chi connectivity index (χ3v) is 7.23. The number of likely N-dealkylation sites (tertiary alicyclic amines) is 2. The van der Waals surface area contributed by atoms with E-state index >= 15 is 0 Å². The maximum atomic E-state index is 13.3. The molecule has 2 aliphatic heterocycles. The third kappa shape index (κ3) is 6.01. The first-order valence-corrected chi connectivity index (χ1v) is 12.4. The number of amides is 2. The maximum Gasteiger partial charge on any atom is 0.255 e. The van der Waals surface area contributed by atoms with Gasteiger partial charge in [-0.1, -0.05) is 35.3 Å². The average Bonchev–Trinajstić information content (AvgIpc) is 2.84. The molecule has 2 aromatic carbocycles. The minimum atomic E-state index is -0.455. The predicted octanol–water partition coefficient (Wildman–Crippen LogP) is 5.70. The summed E-state index contributed by atoms with van der Waals surface area (Å²) in [4.78, 5) is 30.4. The number of benzene rings is 2. The molecule has 0 radical (unpaired) electrons. The van der Waals surface area contributed by atoms with E-state index in [1.807, 2.05) is 34.1 Å². The van der Waals surface area contributed by atoms with E-state index in [9.17, 15) is 9.59 Å². The Morgan fingerprint density at radius 1 is 0.879 bits per heavy atom. The Balaban J connectivity index is 1.54. The molecule has 1 atom stereocenters. The fourth-order valence-corrected chi connectivity index (χ4v) is 5.19. The summed E-state index contributed by atoms with van der Waals surface area (Å²) in [5, 5.41) is 1.09. The SMILES string of the molecule is O=C(C[C@]1(COc2ccc(Cl)cc2)CCCN(C(=O)c2ccccc2Cl)C1)N1CCCCC1. The predicted molar refractivity (Wildman–Crippen MR) is 131 cm³/mol. The lowest BCUT2D eigenvalue weighted by Crippen LogP contribution is -2.51. The molecule has 2 aromatic rings. The molecule has 7 heteroatoms. The Bertz CT molecular complexity index is 976. The summed E-state index contributed by atoms with van der Waals surface area (Å²) in [7, 11) is 0. The Labute approximate surface area is 205 Å². The first-order valence-electron chi connectivity index (χ1n) is 11.7. The van der Waals surface area contributed by atoms with Crippen molar-refractivity contribution in [1.29, 1.82) is 0 Å². The molecule has 0 saturated carbocycles. The van der Waals surface area contributed by atoms with Crippen molar-refractivity contribution in [2.75, 3.05) is 32.8 Å². The van der Waals surface area contributed by atoms with Gasteiger partial charge in [0.25, 0.3) is 5.91 Å². The number of piperidine rings is 2. The Hall–Kier alpha value is -2.24. The van der Waals surface area contributed by atoms with Crippen LogP contribution in [-0.2, 0) is 4.79 Å². The Morgan fingerprint density at radius 2 is 1.58 bits per heavy atom. The van der Waals surface area contributed by atoms with E-state index in [2.05, 4.69) is 0 Å². The lowest BCUT2D eigenvalue weighted by molar-refractivity contribution is -0.136. The third-order valence-electron chi connectivity index (χ3n) is 6.65. The van der Waals surface area contributed by atoms with Crippen LogP contribution in [0.1, 0.15) is 48.9 Å². The number of carbonyl (C=O) groups excluding carboxylic acids is 2. The van der Waals surface area contributed by atoms with Gasteiger partial charge < -0.3 is 14.5 Å². The largest absolute Gasteiger partial charge is 0.493 e. The van der Waals surface area contributed by atoms with Crippen LogP contribution in [-0.4, -0.2) is 54.4 Å². The van der Waals surface area contributed by atoms with Crippen LogP contribution in [0.2, 0.25) is 10.0 Å². The van der Waals surface area contributed by atoms with Crippen LogP contribution >= 0.6 is 23.2 Å². The lowest BCUT2D eigenvalue weighted by atomic mass is 9.77. The van der Waals surface area contributed by atoms with Crippen molar-refractivity contribution in [3.05, 3.63) is 64.1 Å². The van der Waals surface area contributed by atoms with Gasteiger partial charge in [-0.15, -0.1) is 0 Å². The summed E-state index contributed by atoms with van der Waals surface area (Å²) in [6, 6.07) is 14.4. The van der Waals surface area contributed by atoms with E-state index < -0.39 is 5.41 Å². The molecule has 0 aromatic heterocycles. The molecule has 2 heterocycles. The van der Waals surface area contributed by atoms with Crippen molar-refractivity contribution in [2.45, 2.75) is 38.5 Å². The second-order valence-corrected chi connectivity index (χ2v) is 10.0. The highest BCUT2D eigenvalue weighted by Crippen LogP contribution is 2.36. The molecule has 5 nitrogen and oxygen atoms in total. The number of carbonyl (C=O) groups is 2. The Morgan fingerprint density at radius 3 is 2.30 bits per heavy atom. The topological polar surface area (TPSA) is 49.9 Å². The van der Waals surface area contributed by atoms with Crippen LogP contribution in [0.4, 0.5) is 0 Å². The molecule has 2 amide bonds. The lowest BCUT2D eigenvalue weighted by Gasteiger charge is -2.43. The summed E-state index contributed by atoms with van der Waals surface area (Å²) in [6.45, 7) is 3.10. The van der Waals surface area contributed by atoms with Gasteiger partial charge >= 0.3 is 0 Å². The molecule has 2 saturated heterocycles. The van der Waals surface area contributed by atoms with Gasteiger partial charge in [-0.25, -0.2) is 0 Å². The van der Waals surface area contributed by atoms with E-state index in [4.69, 9.17) is 27.9 Å². The molecule has 2 fully saturated rings. The van der Waals surface area contributed by atoms with Crippen molar-refractivity contribution >= 4 is 35.0 Å². The van der Waals surface area contributed by atoms with Crippen LogP contribution < -0.4 is 4.74 Å². The van der Waals surface area contributed by atoms with Crippen LogP contribution in [0.5, 0.6) is 5.75 Å². The van der Waals surface area contributed by atoms with Gasteiger partial charge in [0.1, 0.15) is 5.75 Å². The fourth-order valence-electron chi connectivity index (χ4n) is 4.84. The summed E-state index contributed by atoms with van der Waals surface area (Å²) in [5.41, 5.74) is 0.0412. The molecule has 0 aliphatic carbocycles. The molecular weight excluding hydrogens is 459 g/mol. The zero-order valence-corrected chi connectivity index (χ0v) is 20.3. The molecule has 4 rings (SSSR count). The van der Waals surface area contributed by atoms with Gasteiger partial charge in [-0.3, -0.25) is 9.59 Å². The molecule has 0 spiro atoms. The zero-order chi connectivity index (χ0) is 23.3. The summed E-state index contributed by atoms with van der Waals surface area (Å²) in [6.07, 6.45) is 5.29. The maximum absolute atomic E-state index is 13.3. The summed E-state index contributed by atoms with van der Waals surface area (Å²) in [5.74, 6) is 0.766. The van der Waals surface area contributed by atoms with E-state index in [0.29, 0.717) is 47.5 Å². The highest BCUT2D eigenvalue weighted by Gasteiger charge is 2.41. The first kappa shape index (κ1) is 23.9. The molecule has 2 aliphatic rings. The summed E-state index contributed by atoms with van der Waals surface area (Å²) >= 11 is 12.3. The standard InChI is InChI=1S/C26H30Cl2N2O3/c27-20-9-11-21(12-10-20)33-19-26(17-24(31)29-14-4-1-5-15-29)13-6-16-30(18-26)25(32)22-7-2-3-8-23(22)28/h2-3,7-12H,1,4-6,13-19H2/t26-/m1/s1. The molecule has 0 unspecified atom stereocenters. The normalized spacial score (nSPS) is 21.0. The number of halogens is 2. The van der Waals surface area contributed by atoms with Gasteiger partial charge in [0.15, 0.2) is 0 Å². The second-order valence-electron chi connectivity index (χ2n) is 9.17. The van der Waals surface area contributed by atoms with Crippen molar-refractivity contribution in [3.63, 3.8) is 0 Å². The van der Waals surface area contributed by atoms with Gasteiger partial charge in [-0.05, 0) is 68.5 Å². The van der Waals surface area contributed by atoms with E-state index in [1.165, 1.54) is 6.42 Å². The molecule has 176 valence electrons. The highest BCUT2D eigenvalue weighted by atomic mass is 35.5.